The Bertz CT molecular complexity index is 497. The molecule has 0 bridgehead atoms. The molecule has 3 nitrogen and oxygen atoms in total. The first-order valence-corrected chi connectivity index (χ1v) is 7.86. The quantitative estimate of drug-likeness (QED) is 0.792. The van der Waals surface area contributed by atoms with Gasteiger partial charge >= 0.3 is 0 Å². The lowest BCUT2D eigenvalue weighted by Gasteiger charge is -2.38. The second-order valence-electron chi connectivity index (χ2n) is 5.82. The van der Waals surface area contributed by atoms with Gasteiger partial charge in [0.25, 0.3) is 5.91 Å². The summed E-state index contributed by atoms with van der Waals surface area (Å²) >= 11 is 1.92. The number of aliphatic imine (C=N–C) groups is 1. The van der Waals surface area contributed by atoms with Crippen molar-refractivity contribution in [2.45, 2.75) is 51.2 Å². The summed E-state index contributed by atoms with van der Waals surface area (Å²) in [5.41, 5.74) is 2.35. The van der Waals surface area contributed by atoms with Gasteiger partial charge in [0.1, 0.15) is 11.6 Å². The number of unbranched alkanes of at least 4 members (excludes halogenated alkanes) is 1. The van der Waals surface area contributed by atoms with Crippen LogP contribution in [0.2, 0.25) is 0 Å². The van der Waals surface area contributed by atoms with E-state index in [-0.39, 0.29) is 16.6 Å². The summed E-state index contributed by atoms with van der Waals surface area (Å²) in [6, 6.07) is 2.08. The van der Waals surface area contributed by atoms with E-state index in [2.05, 4.69) is 31.8 Å². The van der Waals surface area contributed by atoms with Crippen LogP contribution in [-0.4, -0.2) is 22.1 Å². The fraction of sp³-hybridized carbons (Fsp3) is 0.667. The Kier molecular flexibility index (Phi) is 4.15. The lowest BCUT2D eigenvalue weighted by atomic mass is 9.81. The molecule has 1 saturated heterocycles. The molecule has 0 aromatic rings. The number of amides is 1. The van der Waals surface area contributed by atoms with E-state index in [4.69, 9.17) is 0 Å². The molecule has 0 aromatic carbocycles. The summed E-state index contributed by atoms with van der Waals surface area (Å²) < 4.78 is 0.113. The SMILES string of the molecule is CCCCC1=NC(=O)C(C#N)=C2CC(C)(C)SCC12. The first-order valence-electron chi connectivity index (χ1n) is 6.87. The molecule has 0 N–H and O–H groups in total. The van der Waals surface area contributed by atoms with E-state index in [1.807, 2.05) is 11.8 Å². The van der Waals surface area contributed by atoms with Crippen molar-refractivity contribution in [1.29, 1.82) is 5.26 Å². The van der Waals surface area contributed by atoms with Gasteiger partial charge in [0.15, 0.2) is 0 Å². The Labute approximate surface area is 119 Å². The molecular formula is C15H20N2OS. The third-order valence-corrected chi connectivity index (χ3v) is 5.18. The standard InChI is InChI=1S/C15H20N2OS/c1-4-5-6-13-12-9-19-15(2,3)7-10(12)11(8-16)14(18)17-13/h12H,4-7,9H2,1-3H3. The zero-order valence-corrected chi connectivity index (χ0v) is 12.6. The summed E-state index contributed by atoms with van der Waals surface area (Å²) in [5.74, 6) is 0.850. The predicted octanol–water partition coefficient (Wildman–Crippen LogP) is 3.51. The predicted molar refractivity (Wildman–Crippen MR) is 79.3 cm³/mol. The van der Waals surface area contributed by atoms with Gasteiger partial charge in [-0.3, -0.25) is 4.79 Å². The van der Waals surface area contributed by atoms with E-state index in [1.165, 1.54) is 0 Å². The fourth-order valence-electron chi connectivity index (χ4n) is 2.71. The Balaban J connectivity index is 2.33. The third kappa shape index (κ3) is 2.92. The number of fused-ring (bicyclic) bond motifs is 1. The maximum atomic E-state index is 12.0. The number of nitrogens with zero attached hydrogens (tertiary/aromatic N) is 2. The highest BCUT2D eigenvalue weighted by Crippen LogP contribution is 2.45. The molecule has 2 aliphatic rings. The minimum absolute atomic E-state index is 0.113. The Morgan fingerprint density at radius 1 is 1.53 bits per heavy atom. The second-order valence-corrected chi connectivity index (χ2v) is 7.55. The van der Waals surface area contributed by atoms with Crippen LogP contribution in [0.1, 0.15) is 46.5 Å². The topological polar surface area (TPSA) is 53.2 Å². The van der Waals surface area contributed by atoms with Crippen molar-refractivity contribution in [1.82, 2.24) is 0 Å². The van der Waals surface area contributed by atoms with Crippen LogP contribution in [0.5, 0.6) is 0 Å². The molecule has 0 radical (unpaired) electrons. The zero-order chi connectivity index (χ0) is 14.0. The Morgan fingerprint density at radius 3 is 2.89 bits per heavy atom. The summed E-state index contributed by atoms with van der Waals surface area (Å²) in [5, 5.41) is 9.23. The molecule has 2 heterocycles. The van der Waals surface area contributed by atoms with Crippen molar-refractivity contribution in [2.75, 3.05) is 5.75 Å². The van der Waals surface area contributed by atoms with Gasteiger partial charge in [0.05, 0.1) is 0 Å². The molecule has 4 heteroatoms. The minimum atomic E-state index is -0.317. The highest BCUT2D eigenvalue weighted by atomic mass is 32.2. The van der Waals surface area contributed by atoms with Crippen LogP contribution < -0.4 is 0 Å². The monoisotopic (exact) mass is 276 g/mol. The molecule has 19 heavy (non-hydrogen) atoms. The van der Waals surface area contributed by atoms with Crippen LogP contribution in [0.4, 0.5) is 0 Å². The van der Waals surface area contributed by atoms with E-state index in [9.17, 15) is 10.1 Å². The van der Waals surface area contributed by atoms with Gasteiger partial charge in [-0.1, -0.05) is 27.2 Å². The van der Waals surface area contributed by atoms with Crippen molar-refractivity contribution in [2.24, 2.45) is 10.9 Å². The Hall–Kier alpha value is -1.08. The molecule has 1 amide bonds. The molecule has 2 aliphatic heterocycles. The molecule has 1 atom stereocenters. The average Bonchev–Trinajstić information content (AvgIpc) is 2.34. The number of dihydropyridines is 1. The lowest BCUT2D eigenvalue weighted by Crippen LogP contribution is -2.36. The summed E-state index contributed by atoms with van der Waals surface area (Å²) in [6.07, 6.45) is 3.87. The fourth-order valence-corrected chi connectivity index (χ4v) is 3.98. The van der Waals surface area contributed by atoms with Gasteiger partial charge < -0.3 is 0 Å². The highest BCUT2D eigenvalue weighted by Gasteiger charge is 2.39. The van der Waals surface area contributed by atoms with Crippen LogP contribution in [0, 0.1) is 17.2 Å². The molecule has 0 aromatic heterocycles. The number of rotatable bonds is 3. The van der Waals surface area contributed by atoms with Gasteiger partial charge in [0.2, 0.25) is 0 Å². The van der Waals surface area contributed by atoms with Crippen LogP contribution in [0.3, 0.4) is 0 Å². The summed E-state index contributed by atoms with van der Waals surface area (Å²) in [6.45, 7) is 6.50. The molecule has 102 valence electrons. The first-order chi connectivity index (χ1) is 8.98. The average molecular weight is 276 g/mol. The van der Waals surface area contributed by atoms with Crippen LogP contribution >= 0.6 is 11.8 Å². The highest BCUT2D eigenvalue weighted by molar-refractivity contribution is 8.00. The molecular weight excluding hydrogens is 256 g/mol. The Morgan fingerprint density at radius 2 is 2.26 bits per heavy atom. The van der Waals surface area contributed by atoms with Crippen molar-refractivity contribution in [3.05, 3.63) is 11.1 Å². The van der Waals surface area contributed by atoms with E-state index >= 15 is 0 Å². The number of hydrogen-bond acceptors (Lipinski definition) is 3. The van der Waals surface area contributed by atoms with Crippen LogP contribution in [-0.2, 0) is 4.79 Å². The molecule has 1 fully saturated rings. The van der Waals surface area contributed by atoms with Crippen molar-refractivity contribution in [3.8, 4) is 6.07 Å². The van der Waals surface area contributed by atoms with E-state index < -0.39 is 0 Å². The van der Waals surface area contributed by atoms with E-state index in [0.717, 1.165) is 42.7 Å². The van der Waals surface area contributed by atoms with Crippen LogP contribution in [0.15, 0.2) is 16.1 Å². The van der Waals surface area contributed by atoms with Gasteiger partial charge in [-0.25, -0.2) is 4.99 Å². The van der Waals surface area contributed by atoms with Crippen molar-refractivity contribution < 1.29 is 4.79 Å². The first kappa shape index (κ1) is 14.3. The van der Waals surface area contributed by atoms with E-state index in [0.29, 0.717) is 5.57 Å². The zero-order valence-electron chi connectivity index (χ0n) is 11.8. The number of nitriles is 1. The molecule has 0 saturated carbocycles. The van der Waals surface area contributed by atoms with Crippen LogP contribution in [0.25, 0.3) is 0 Å². The number of thioether (sulfide) groups is 1. The van der Waals surface area contributed by atoms with Gasteiger partial charge in [-0.15, -0.1) is 0 Å². The number of allylic oxidation sites excluding steroid dienone is 1. The number of carbonyl (C=O) groups is 1. The molecule has 0 spiro atoms. The maximum absolute atomic E-state index is 12.0. The summed E-state index contributed by atoms with van der Waals surface area (Å²) in [4.78, 5) is 16.2. The number of carbonyl (C=O) groups excluding carboxylic acids is 1. The normalized spacial score (nSPS) is 25.7. The van der Waals surface area contributed by atoms with Crippen molar-refractivity contribution >= 4 is 23.4 Å². The molecule has 0 aliphatic carbocycles. The van der Waals surface area contributed by atoms with Crippen molar-refractivity contribution in [3.63, 3.8) is 0 Å². The minimum Gasteiger partial charge on any atom is -0.266 e. The molecule has 1 unspecified atom stereocenters. The second kappa shape index (κ2) is 5.50. The smallest absolute Gasteiger partial charge is 0.266 e. The summed E-state index contributed by atoms with van der Waals surface area (Å²) in [7, 11) is 0. The van der Waals surface area contributed by atoms with Gasteiger partial charge in [-0.2, -0.15) is 17.0 Å². The number of hydrogen-bond donors (Lipinski definition) is 0. The third-order valence-electron chi connectivity index (χ3n) is 3.76. The largest absolute Gasteiger partial charge is 0.287 e. The van der Waals surface area contributed by atoms with E-state index in [1.54, 1.807) is 0 Å². The van der Waals surface area contributed by atoms with Gasteiger partial charge in [-0.05, 0) is 24.8 Å². The van der Waals surface area contributed by atoms with Gasteiger partial charge in [0, 0.05) is 22.1 Å². The lowest BCUT2D eigenvalue weighted by molar-refractivity contribution is -0.114. The molecule has 2 rings (SSSR count). The maximum Gasteiger partial charge on any atom is 0.287 e.